The predicted octanol–water partition coefficient (Wildman–Crippen LogP) is 4.20. The van der Waals surface area contributed by atoms with E-state index < -0.39 is 0 Å². The second-order valence-electron chi connectivity index (χ2n) is 7.73. The highest BCUT2D eigenvalue weighted by Crippen LogP contribution is 2.36. The molecule has 1 aliphatic heterocycles. The maximum Gasteiger partial charge on any atom is 0.213 e. The number of carbonyl (C=O) groups excluding carboxylic acids is 1. The van der Waals surface area contributed by atoms with Gasteiger partial charge in [0.2, 0.25) is 5.88 Å². The Bertz CT molecular complexity index is 1040. The van der Waals surface area contributed by atoms with E-state index in [0.717, 1.165) is 53.1 Å². The van der Waals surface area contributed by atoms with Crippen LogP contribution in [0.1, 0.15) is 48.8 Å². The summed E-state index contributed by atoms with van der Waals surface area (Å²) in [4.78, 5) is 16.7. The summed E-state index contributed by atoms with van der Waals surface area (Å²) in [6, 6.07) is 11.8. The number of ether oxygens (including phenoxy) is 1. The summed E-state index contributed by atoms with van der Waals surface area (Å²) in [7, 11) is 0. The number of hydrogen-bond acceptors (Lipinski definition) is 5. The van der Waals surface area contributed by atoms with Crippen LogP contribution in [-0.2, 0) is 17.6 Å². The molecule has 0 radical (unpaired) electrons. The fourth-order valence-electron chi connectivity index (χ4n) is 4.36. The SMILES string of the molecule is O=C1Cc2cc(Br)ccc2-n2c(nnc2[C@H]2CC[C@H](Oc3ccccn3)CC2)C1. The van der Waals surface area contributed by atoms with Crippen LogP contribution in [0, 0.1) is 0 Å². The van der Waals surface area contributed by atoms with E-state index in [-0.39, 0.29) is 11.9 Å². The molecule has 0 saturated heterocycles. The lowest BCUT2D eigenvalue weighted by atomic mass is 9.86. The molecule has 1 aromatic carbocycles. The molecule has 0 amide bonds. The van der Waals surface area contributed by atoms with Crippen molar-refractivity contribution in [3.05, 3.63) is 64.3 Å². The van der Waals surface area contributed by atoms with Gasteiger partial charge in [0.15, 0.2) is 0 Å². The highest BCUT2D eigenvalue weighted by atomic mass is 79.9. The van der Waals surface area contributed by atoms with Gasteiger partial charge in [0.05, 0.1) is 12.1 Å². The molecule has 2 aromatic heterocycles. The lowest BCUT2D eigenvalue weighted by molar-refractivity contribution is -0.117. The molecule has 0 spiro atoms. The third-order valence-corrected chi connectivity index (χ3v) is 6.24. The van der Waals surface area contributed by atoms with Crippen LogP contribution in [-0.4, -0.2) is 31.6 Å². The second kappa shape index (κ2) is 7.71. The number of aromatic nitrogens is 4. The van der Waals surface area contributed by atoms with Crippen LogP contribution < -0.4 is 4.74 Å². The molecule has 3 aromatic rings. The molecule has 148 valence electrons. The van der Waals surface area contributed by atoms with Crippen molar-refractivity contribution < 1.29 is 9.53 Å². The molecule has 1 fully saturated rings. The second-order valence-corrected chi connectivity index (χ2v) is 8.65. The number of carbonyl (C=O) groups is 1. The van der Waals surface area contributed by atoms with Gasteiger partial charge < -0.3 is 4.74 Å². The summed E-state index contributed by atoms with van der Waals surface area (Å²) >= 11 is 3.52. The first kappa shape index (κ1) is 18.5. The number of ketones is 1. The monoisotopic (exact) mass is 452 g/mol. The molecule has 6 nitrogen and oxygen atoms in total. The van der Waals surface area contributed by atoms with E-state index in [0.29, 0.717) is 24.6 Å². The molecule has 1 saturated carbocycles. The van der Waals surface area contributed by atoms with E-state index in [2.05, 4.69) is 41.7 Å². The molecule has 29 heavy (non-hydrogen) atoms. The van der Waals surface area contributed by atoms with Crippen molar-refractivity contribution in [3.63, 3.8) is 0 Å². The highest BCUT2D eigenvalue weighted by Gasteiger charge is 2.31. The number of nitrogens with zero attached hydrogens (tertiary/aromatic N) is 4. The summed E-state index contributed by atoms with van der Waals surface area (Å²) < 4.78 is 9.14. The normalized spacial score (nSPS) is 21.2. The Labute approximate surface area is 177 Å². The van der Waals surface area contributed by atoms with Gasteiger partial charge in [-0.25, -0.2) is 4.98 Å². The van der Waals surface area contributed by atoms with Gasteiger partial charge in [-0.3, -0.25) is 9.36 Å². The summed E-state index contributed by atoms with van der Waals surface area (Å²) in [5.74, 6) is 2.89. The maximum atomic E-state index is 12.4. The molecule has 0 unspecified atom stereocenters. The zero-order valence-electron chi connectivity index (χ0n) is 15.9. The Kier molecular flexibility index (Phi) is 4.91. The minimum Gasteiger partial charge on any atom is -0.474 e. The molecule has 3 heterocycles. The number of rotatable bonds is 3. The number of hydrogen-bond donors (Lipinski definition) is 0. The molecule has 7 heteroatoms. The maximum absolute atomic E-state index is 12.4. The Hall–Kier alpha value is -2.54. The van der Waals surface area contributed by atoms with Crippen molar-refractivity contribution in [2.75, 3.05) is 0 Å². The average molecular weight is 453 g/mol. The predicted molar refractivity (Wildman–Crippen MR) is 111 cm³/mol. The third kappa shape index (κ3) is 3.71. The average Bonchev–Trinajstić information content (AvgIpc) is 3.06. The number of Topliss-reactive ketones (excluding diaryl/α,β-unsaturated/α-hetero) is 1. The van der Waals surface area contributed by atoms with Gasteiger partial charge in [-0.05, 0) is 55.5 Å². The molecule has 0 N–H and O–H groups in total. The summed E-state index contributed by atoms with van der Waals surface area (Å²) in [6.07, 6.45) is 6.57. The molecule has 5 rings (SSSR count). The largest absolute Gasteiger partial charge is 0.474 e. The van der Waals surface area contributed by atoms with E-state index in [4.69, 9.17) is 4.74 Å². The minimum absolute atomic E-state index is 0.175. The molecular weight excluding hydrogens is 432 g/mol. The summed E-state index contributed by atoms with van der Waals surface area (Å²) in [5.41, 5.74) is 2.05. The Morgan fingerprint density at radius 2 is 1.90 bits per heavy atom. The van der Waals surface area contributed by atoms with Crippen molar-refractivity contribution >= 4 is 21.7 Å². The third-order valence-electron chi connectivity index (χ3n) is 5.74. The molecule has 2 aliphatic rings. The van der Waals surface area contributed by atoms with Crippen LogP contribution in [0.25, 0.3) is 5.69 Å². The topological polar surface area (TPSA) is 69.9 Å². The van der Waals surface area contributed by atoms with E-state index >= 15 is 0 Å². The fraction of sp³-hybridized carbons (Fsp3) is 0.364. The lowest BCUT2D eigenvalue weighted by Gasteiger charge is -2.28. The van der Waals surface area contributed by atoms with Gasteiger partial charge in [0.25, 0.3) is 0 Å². The highest BCUT2D eigenvalue weighted by molar-refractivity contribution is 9.10. The summed E-state index contributed by atoms with van der Waals surface area (Å²) in [6.45, 7) is 0. The van der Waals surface area contributed by atoms with Gasteiger partial charge in [0.1, 0.15) is 23.5 Å². The van der Waals surface area contributed by atoms with Gasteiger partial charge >= 0.3 is 0 Å². The Balaban J connectivity index is 1.39. The van der Waals surface area contributed by atoms with Crippen LogP contribution in [0.2, 0.25) is 0 Å². The van der Waals surface area contributed by atoms with Crippen molar-refractivity contribution in [2.24, 2.45) is 0 Å². The van der Waals surface area contributed by atoms with E-state index in [1.54, 1.807) is 6.20 Å². The van der Waals surface area contributed by atoms with Crippen LogP contribution >= 0.6 is 15.9 Å². The van der Waals surface area contributed by atoms with Crippen LogP contribution in [0.5, 0.6) is 5.88 Å². The van der Waals surface area contributed by atoms with E-state index in [1.807, 2.05) is 30.3 Å². The van der Waals surface area contributed by atoms with E-state index in [1.165, 1.54) is 0 Å². The van der Waals surface area contributed by atoms with Crippen LogP contribution in [0.4, 0.5) is 0 Å². The van der Waals surface area contributed by atoms with Gasteiger partial charge in [-0.1, -0.05) is 22.0 Å². The van der Waals surface area contributed by atoms with Gasteiger partial charge in [0, 0.05) is 29.1 Å². The number of pyridine rings is 1. The molecular formula is C22H21BrN4O2. The number of halogens is 1. The quantitative estimate of drug-likeness (QED) is 0.595. The van der Waals surface area contributed by atoms with E-state index in [9.17, 15) is 4.79 Å². The number of benzene rings is 1. The van der Waals surface area contributed by atoms with Crippen LogP contribution in [0.3, 0.4) is 0 Å². The molecule has 1 aliphatic carbocycles. The zero-order valence-corrected chi connectivity index (χ0v) is 17.5. The van der Waals surface area contributed by atoms with Crippen molar-refractivity contribution in [1.29, 1.82) is 0 Å². The molecule has 0 bridgehead atoms. The standard InChI is InChI=1S/C22H21BrN4O2/c23-16-6-9-19-15(11-16)12-17(28)13-20-25-26-22(27(19)20)14-4-7-18(8-5-14)29-21-3-1-2-10-24-21/h1-3,6,9-11,14,18H,4-5,7-8,12-13H2/t14-,18-. The first-order valence-corrected chi connectivity index (χ1v) is 10.8. The minimum atomic E-state index is 0.175. The van der Waals surface area contributed by atoms with Crippen molar-refractivity contribution in [2.45, 2.75) is 50.5 Å². The van der Waals surface area contributed by atoms with Gasteiger partial charge in [-0.2, -0.15) is 0 Å². The summed E-state index contributed by atoms with van der Waals surface area (Å²) in [5, 5.41) is 8.91. The van der Waals surface area contributed by atoms with Crippen LogP contribution in [0.15, 0.2) is 47.1 Å². The lowest BCUT2D eigenvalue weighted by Crippen LogP contribution is -2.25. The smallest absolute Gasteiger partial charge is 0.213 e. The Morgan fingerprint density at radius 1 is 1.03 bits per heavy atom. The van der Waals surface area contributed by atoms with Crippen molar-refractivity contribution in [3.8, 4) is 11.6 Å². The Morgan fingerprint density at radius 3 is 2.69 bits per heavy atom. The van der Waals surface area contributed by atoms with Gasteiger partial charge in [-0.15, -0.1) is 10.2 Å². The molecule has 0 atom stereocenters. The van der Waals surface area contributed by atoms with Crippen molar-refractivity contribution in [1.82, 2.24) is 19.7 Å². The fourth-order valence-corrected chi connectivity index (χ4v) is 4.77. The first-order chi connectivity index (χ1) is 14.2. The first-order valence-electron chi connectivity index (χ1n) is 10.00. The zero-order chi connectivity index (χ0) is 19.8. The number of fused-ring (bicyclic) bond motifs is 3.